The Bertz CT molecular complexity index is 669. The molecule has 0 unspecified atom stereocenters. The number of amides is 1. The van der Waals surface area contributed by atoms with Gasteiger partial charge in [0.15, 0.2) is 0 Å². The summed E-state index contributed by atoms with van der Waals surface area (Å²) >= 11 is 0. The Morgan fingerprint density at radius 1 is 1.14 bits per heavy atom. The molecule has 21 heavy (non-hydrogen) atoms. The summed E-state index contributed by atoms with van der Waals surface area (Å²) in [4.78, 5) is 26.3. The van der Waals surface area contributed by atoms with Gasteiger partial charge in [-0.05, 0) is 49.3 Å². The average Bonchev–Trinajstić information content (AvgIpc) is 2.95. The van der Waals surface area contributed by atoms with Crippen molar-refractivity contribution in [3.8, 4) is 0 Å². The van der Waals surface area contributed by atoms with Crippen molar-refractivity contribution in [2.75, 3.05) is 0 Å². The van der Waals surface area contributed by atoms with Crippen molar-refractivity contribution in [1.29, 1.82) is 0 Å². The van der Waals surface area contributed by atoms with Gasteiger partial charge in [0, 0.05) is 23.3 Å². The van der Waals surface area contributed by atoms with Gasteiger partial charge in [-0.15, -0.1) is 0 Å². The highest BCUT2D eigenvalue weighted by Gasteiger charge is 2.26. The third-order valence-electron chi connectivity index (χ3n) is 4.23. The summed E-state index contributed by atoms with van der Waals surface area (Å²) < 4.78 is 0. The fourth-order valence-corrected chi connectivity index (χ4v) is 2.94. The molecule has 3 rings (SSSR count). The summed E-state index contributed by atoms with van der Waals surface area (Å²) in [5.74, 6) is -1.07. The number of fused-ring (bicyclic) bond motifs is 1. The Hall–Kier alpha value is -2.30. The molecule has 2 aromatic rings. The van der Waals surface area contributed by atoms with Gasteiger partial charge in [0.1, 0.15) is 0 Å². The zero-order valence-electron chi connectivity index (χ0n) is 11.6. The Balaban J connectivity index is 1.62. The Morgan fingerprint density at radius 2 is 1.90 bits per heavy atom. The van der Waals surface area contributed by atoms with E-state index in [4.69, 9.17) is 5.11 Å². The topological polar surface area (TPSA) is 82.2 Å². The second-order valence-corrected chi connectivity index (χ2v) is 5.64. The molecule has 0 atom stereocenters. The van der Waals surface area contributed by atoms with Crippen LogP contribution in [0.4, 0.5) is 0 Å². The van der Waals surface area contributed by atoms with Gasteiger partial charge in [-0.2, -0.15) is 0 Å². The Morgan fingerprint density at radius 3 is 2.62 bits per heavy atom. The predicted molar refractivity (Wildman–Crippen MR) is 79.1 cm³/mol. The minimum Gasteiger partial charge on any atom is -0.481 e. The summed E-state index contributed by atoms with van der Waals surface area (Å²) in [6.45, 7) is 0. The van der Waals surface area contributed by atoms with Gasteiger partial charge in [-0.3, -0.25) is 9.59 Å². The van der Waals surface area contributed by atoms with Crippen LogP contribution >= 0.6 is 0 Å². The van der Waals surface area contributed by atoms with E-state index in [2.05, 4.69) is 10.3 Å². The molecule has 5 heteroatoms. The molecule has 1 aromatic carbocycles. The molecule has 0 saturated heterocycles. The van der Waals surface area contributed by atoms with Gasteiger partial charge in [0.2, 0.25) is 0 Å². The van der Waals surface area contributed by atoms with Crippen LogP contribution in [0, 0.1) is 5.92 Å². The molecule has 1 aliphatic carbocycles. The fourth-order valence-electron chi connectivity index (χ4n) is 2.94. The van der Waals surface area contributed by atoms with Crippen molar-refractivity contribution in [2.45, 2.75) is 31.7 Å². The highest BCUT2D eigenvalue weighted by molar-refractivity contribution is 5.98. The summed E-state index contributed by atoms with van der Waals surface area (Å²) in [5, 5.41) is 13.1. The summed E-state index contributed by atoms with van der Waals surface area (Å²) in [6.07, 6.45) is 4.58. The quantitative estimate of drug-likeness (QED) is 0.811. The summed E-state index contributed by atoms with van der Waals surface area (Å²) in [5.41, 5.74) is 1.57. The number of nitrogens with one attached hydrogen (secondary N) is 2. The molecule has 1 aliphatic rings. The molecule has 5 nitrogen and oxygen atoms in total. The highest BCUT2D eigenvalue weighted by Crippen LogP contribution is 2.24. The first-order chi connectivity index (χ1) is 10.1. The number of carbonyl (C=O) groups excluding carboxylic acids is 1. The lowest BCUT2D eigenvalue weighted by Crippen LogP contribution is -2.38. The van der Waals surface area contributed by atoms with Crippen molar-refractivity contribution < 1.29 is 14.7 Å². The molecule has 1 fully saturated rings. The van der Waals surface area contributed by atoms with E-state index in [-0.39, 0.29) is 17.9 Å². The number of hydrogen-bond donors (Lipinski definition) is 3. The third kappa shape index (κ3) is 2.91. The van der Waals surface area contributed by atoms with E-state index >= 15 is 0 Å². The molecule has 1 saturated carbocycles. The van der Waals surface area contributed by atoms with Crippen LogP contribution in [0.15, 0.2) is 30.5 Å². The van der Waals surface area contributed by atoms with Crippen LogP contribution in [0.3, 0.4) is 0 Å². The molecule has 0 radical (unpaired) electrons. The number of H-pyrrole nitrogens is 1. The van der Waals surface area contributed by atoms with E-state index in [9.17, 15) is 9.59 Å². The minimum atomic E-state index is -0.725. The second kappa shape index (κ2) is 5.60. The van der Waals surface area contributed by atoms with Crippen molar-refractivity contribution in [3.05, 3.63) is 36.0 Å². The first-order valence-electron chi connectivity index (χ1n) is 7.24. The van der Waals surface area contributed by atoms with Crippen LogP contribution in [-0.2, 0) is 4.79 Å². The molecule has 110 valence electrons. The maximum atomic E-state index is 12.3. The molecule has 0 aliphatic heterocycles. The van der Waals surface area contributed by atoms with E-state index < -0.39 is 5.97 Å². The highest BCUT2D eigenvalue weighted by atomic mass is 16.4. The lowest BCUT2D eigenvalue weighted by atomic mass is 9.86. The number of rotatable bonds is 3. The second-order valence-electron chi connectivity index (χ2n) is 5.64. The Labute approximate surface area is 122 Å². The van der Waals surface area contributed by atoms with Crippen LogP contribution in [-0.4, -0.2) is 28.0 Å². The van der Waals surface area contributed by atoms with E-state index in [0.29, 0.717) is 18.4 Å². The molecule has 0 bridgehead atoms. The summed E-state index contributed by atoms with van der Waals surface area (Å²) in [7, 11) is 0. The maximum Gasteiger partial charge on any atom is 0.306 e. The van der Waals surface area contributed by atoms with Gasteiger partial charge in [-0.25, -0.2) is 0 Å². The van der Waals surface area contributed by atoms with Crippen LogP contribution in [0.25, 0.3) is 10.9 Å². The van der Waals surface area contributed by atoms with Gasteiger partial charge in [0.25, 0.3) is 5.91 Å². The van der Waals surface area contributed by atoms with Crippen LogP contribution < -0.4 is 5.32 Å². The lowest BCUT2D eigenvalue weighted by molar-refractivity contribution is -0.142. The van der Waals surface area contributed by atoms with Crippen LogP contribution in [0.2, 0.25) is 0 Å². The van der Waals surface area contributed by atoms with E-state index in [1.807, 2.05) is 30.5 Å². The molecular weight excluding hydrogens is 268 g/mol. The molecule has 1 aromatic heterocycles. The number of hydrogen-bond acceptors (Lipinski definition) is 2. The largest absolute Gasteiger partial charge is 0.481 e. The van der Waals surface area contributed by atoms with Gasteiger partial charge in [0.05, 0.1) is 5.92 Å². The number of aliphatic carboxylic acids is 1. The lowest BCUT2D eigenvalue weighted by Gasteiger charge is -2.26. The fraction of sp³-hybridized carbons (Fsp3) is 0.375. The zero-order valence-corrected chi connectivity index (χ0v) is 11.6. The normalized spacial score (nSPS) is 22.1. The number of carboxylic acids is 1. The van der Waals surface area contributed by atoms with Gasteiger partial charge >= 0.3 is 5.97 Å². The molecule has 0 spiro atoms. The van der Waals surface area contributed by atoms with E-state index in [0.717, 1.165) is 23.7 Å². The minimum absolute atomic E-state index is 0.0763. The monoisotopic (exact) mass is 286 g/mol. The number of aromatic nitrogens is 1. The van der Waals surface area contributed by atoms with Crippen molar-refractivity contribution >= 4 is 22.8 Å². The van der Waals surface area contributed by atoms with Crippen LogP contribution in [0.5, 0.6) is 0 Å². The first kappa shape index (κ1) is 13.7. The number of aromatic amines is 1. The van der Waals surface area contributed by atoms with Gasteiger partial charge < -0.3 is 15.4 Å². The van der Waals surface area contributed by atoms with Gasteiger partial charge in [-0.1, -0.05) is 6.07 Å². The smallest absolute Gasteiger partial charge is 0.306 e. The average molecular weight is 286 g/mol. The SMILES string of the molecule is O=C(NC1CCC(C(=O)O)CC1)c1ccc2cc[nH]c2c1. The third-order valence-corrected chi connectivity index (χ3v) is 4.23. The number of carbonyl (C=O) groups is 2. The van der Waals surface area contributed by atoms with Crippen molar-refractivity contribution in [1.82, 2.24) is 10.3 Å². The molecule has 3 N–H and O–H groups in total. The number of benzene rings is 1. The van der Waals surface area contributed by atoms with Crippen LogP contribution in [0.1, 0.15) is 36.0 Å². The zero-order chi connectivity index (χ0) is 14.8. The molecule has 1 heterocycles. The molecular formula is C16H18N2O3. The molecule has 1 amide bonds. The van der Waals surface area contributed by atoms with Crippen molar-refractivity contribution in [3.63, 3.8) is 0 Å². The van der Waals surface area contributed by atoms with E-state index in [1.165, 1.54) is 0 Å². The Kier molecular flexibility index (Phi) is 3.64. The summed E-state index contributed by atoms with van der Waals surface area (Å²) in [6, 6.07) is 7.61. The van der Waals surface area contributed by atoms with E-state index in [1.54, 1.807) is 0 Å². The maximum absolute atomic E-state index is 12.3. The first-order valence-corrected chi connectivity index (χ1v) is 7.24. The number of carboxylic acid groups (broad SMARTS) is 1. The predicted octanol–water partition coefficient (Wildman–Crippen LogP) is 2.54. The van der Waals surface area contributed by atoms with Crippen molar-refractivity contribution in [2.24, 2.45) is 5.92 Å². The standard InChI is InChI=1S/C16H18N2O3/c19-15(12-2-1-10-7-8-17-14(10)9-12)18-13-5-3-11(4-6-13)16(20)21/h1-2,7-9,11,13,17H,3-6H2,(H,18,19)(H,20,21).